The summed E-state index contributed by atoms with van der Waals surface area (Å²) in [6.45, 7) is 4.00. The fourth-order valence-corrected chi connectivity index (χ4v) is 3.58. The molecule has 1 aromatic heterocycles. The van der Waals surface area contributed by atoms with Crippen LogP contribution in [0.2, 0.25) is 0 Å². The molecule has 0 atom stereocenters. The highest BCUT2D eigenvalue weighted by Crippen LogP contribution is 2.32. The van der Waals surface area contributed by atoms with Gasteiger partial charge in [0, 0.05) is 16.5 Å². The molecule has 0 unspecified atom stereocenters. The highest BCUT2D eigenvalue weighted by Gasteiger charge is 2.14. The Hall–Kier alpha value is -3.57. The summed E-state index contributed by atoms with van der Waals surface area (Å²) >= 11 is 1.39. The highest BCUT2D eigenvalue weighted by molar-refractivity contribution is 7.16. The van der Waals surface area contributed by atoms with Crippen LogP contribution >= 0.6 is 11.3 Å². The Morgan fingerprint density at radius 3 is 2.60 bits per heavy atom. The Bertz CT molecular complexity index is 1070. The van der Waals surface area contributed by atoms with Crippen molar-refractivity contribution in [3.8, 4) is 34.6 Å². The van der Waals surface area contributed by atoms with Crippen LogP contribution in [0.15, 0.2) is 42.5 Å². The van der Waals surface area contributed by atoms with Crippen molar-refractivity contribution in [2.45, 2.75) is 13.8 Å². The number of aryl methyl sites for hydroxylation is 1. The van der Waals surface area contributed by atoms with Crippen molar-refractivity contribution in [1.29, 1.82) is 5.26 Å². The van der Waals surface area contributed by atoms with Gasteiger partial charge in [-0.3, -0.25) is 10.1 Å². The number of hydrogen-bond acceptors (Lipinski definition) is 7. The molecule has 1 amide bonds. The minimum absolute atomic E-state index is 0.206. The molecule has 8 heteroatoms. The zero-order valence-corrected chi connectivity index (χ0v) is 17.7. The van der Waals surface area contributed by atoms with E-state index in [9.17, 15) is 4.79 Å². The average Bonchev–Trinajstić information content (AvgIpc) is 3.12. The van der Waals surface area contributed by atoms with E-state index >= 15 is 0 Å². The lowest BCUT2D eigenvalue weighted by atomic mass is 10.1. The maximum absolute atomic E-state index is 12.3. The summed E-state index contributed by atoms with van der Waals surface area (Å²) < 4.78 is 16.3. The number of nitrogens with zero attached hydrogens (tertiary/aromatic N) is 2. The molecule has 0 fully saturated rings. The largest absolute Gasteiger partial charge is 0.497 e. The number of rotatable bonds is 8. The van der Waals surface area contributed by atoms with E-state index in [1.165, 1.54) is 11.3 Å². The van der Waals surface area contributed by atoms with E-state index in [0.717, 1.165) is 21.9 Å². The van der Waals surface area contributed by atoms with Crippen molar-refractivity contribution >= 4 is 22.4 Å². The summed E-state index contributed by atoms with van der Waals surface area (Å²) in [4.78, 5) is 17.9. The van der Waals surface area contributed by atoms with Gasteiger partial charge in [-0.2, -0.15) is 5.26 Å². The van der Waals surface area contributed by atoms with Crippen LogP contribution in [0.1, 0.15) is 17.4 Å². The summed E-state index contributed by atoms with van der Waals surface area (Å²) in [6.07, 6.45) is 0. The molecular formula is C22H21N3O4S. The third-order valence-corrected chi connectivity index (χ3v) is 5.02. The molecular weight excluding hydrogens is 402 g/mol. The molecule has 0 aliphatic rings. The lowest BCUT2D eigenvalue weighted by molar-refractivity contribution is -0.118. The molecule has 0 bridgehead atoms. The Morgan fingerprint density at radius 2 is 1.93 bits per heavy atom. The summed E-state index contributed by atoms with van der Waals surface area (Å²) in [7, 11) is 1.62. The molecule has 0 spiro atoms. The first-order valence-electron chi connectivity index (χ1n) is 9.25. The Labute approximate surface area is 178 Å². The van der Waals surface area contributed by atoms with Crippen LogP contribution in [0.4, 0.5) is 5.13 Å². The lowest BCUT2D eigenvalue weighted by Gasteiger charge is -2.11. The number of hydrogen-bond donors (Lipinski definition) is 1. The smallest absolute Gasteiger partial charge is 0.264 e. The number of methoxy groups -OCH3 is 1. The standard InChI is InChI=1S/C22H21N3O4S/c1-4-28-19-11-15(12-23)5-10-18(19)29-13-20(26)24-22-25-21(14(2)30-22)16-6-8-17(27-3)9-7-16/h5-11H,4,13H2,1-3H3,(H,24,25,26). The van der Waals surface area contributed by atoms with E-state index in [-0.39, 0.29) is 12.5 Å². The van der Waals surface area contributed by atoms with Crippen molar-refractivity contribution in [2.75, 3.05) is 25.6 Å². The Morgan fingerprint density at radius 1 is 1.17 bits per heavy atom. The number of aromatic nitrogens is 1. The zero-order chi connectivity index (χ0) is 21.5. The number of carbonyl (C=O) groups excluding carboxylic acids is 1. The van der Waals surface area contributed by atoms with E-state index in [1.54, 1.807) is 25.3 Å². The molecule has 7 nitrogen and oxygen atoms in total. The number of thiazole rings is 1. The van der Waals surface area contributed by atoms with Gasteiger partial charge in [0.2, 0.25) is 0 Å². The number of anilines is 1. The SMILES string of the molecule is CCOc1cc(C#N)ccc1OCC(=O)Nc1nc(-c2ccc(OC)cc2)c(C)s1. The third kappa shape index (κ3) is 5.07. The first kappa shape index (κ1) is 21.1. The van der Waals surface area contributed by atoms with Gasteiger partial charge in [0.15, 0.2) is 23.2 Å². The monoisotopic (exact) mass is 423 g/mol. The number of nitriles is 1. The summed E-state index contributed by atoms with van der Waals surface area (Å²) in [6, 6.07) is 14.5. The molecule has 0 saturated heterocycles. The van der Waals surface area contributed by atoms with Crippen molar-refractivity contribution in [1.82, 2.24) is 4.98 Å². The van der Waals surface area contributed by atoms with E-state index in [2.05, 4.69) is 10.3 Å². The second-order valence-electron chi connectivity index (χ2n) is 6.20. The Kier molecular flexibility index (Phi) is 6.88. The van der Waals surface area contributed by atoms with Crippen LogP contribution in [0, 0.1) is 18.3 Å². The number of carbonyl (C=O) groups is 1. The van der Waals surface area contributed by atoms with Crippen LogP contribution < -0.4 is 19.5 Å². The van der Waals surface area contributed by atoms with Gasteiger partial charge in [-0.05, 0) is 50.2 Å². The highest BCUT2D eigenvalue weighted by atomic mass is 32.1. The van der Waals surface area contributed by atoms with Gasteiger partial charge in [0.1, 0.15) is 5.75 Å². The van der Waals surface area contributed by atoms with Gasteiger partial charge in [-0.15, -0.1) is 11.3 Å². The molecule has 0 radical (unpaired) electrons. The molecule has 0 saturated carbocycles. The molecule has 2 aromatic carbocycles. The minimum atomic E-state index is -0.336. The Balaban J connectivity index is 1.65. The van der Waals surface area contributed by atoms with Gasteiger partial charge in [-0.25, -0.2) is 4.98 Å². The normalized spacial score (nSPS) is 10.2. The first-order valence-corrected chi connectivity index (χ1v) is 10.1. The molecule has 1 N–H and O–H groups in total. The summed E-state index contributed by atoms with van der Waals surface area (Å²) in [5.41, 5.74) is 2.21. The van der Waals surface area contributed by atoms with E-state index in [4.69, 9.17) is 19.5 Å². The minimum Gasteiger partial charge on any atom is -0.497 e. The average molecular weight is 423 g/mol. The van der Waals surface area contributed by atoms with Crippen LogP contribution in [0.25, 0.3) is 11.3 Å². The second-order valence-corrected chi connectivity index (χ2v) is 7.40. The van der Waals surface area contributed by atoms with Gasteiger partial charge >= 0.3 is 0 Å². The zero-order valence-electron chi connectivity index (χ0n) is 16.9. The number of nitrogens with one attached hydrogen (secondary N) is 1. The van der Waals surface area contributed by atoms with Crippen molar-refractivity contribution in [2.24, 2.45) is 0 Å². The van der Waals surface area contributed by atoms with Crippen LogP contribution in [0.3, 0.4) is 0 Å². The van der Waals surface area contributed by atoms with Gasteiger partial charge in [0.25, 0.3) is 5.91 Å². The summed E-state index contributed by atoms with van der Waals surface area (Å²) in [5, 5.41) is 12.3. The maximum Gasteiger partial charge on any atom is 0.264 e. The molecule has 1 heterocycles. The van der Waals surface area contributed by atoms with E-state index in [1.807, 2.05) is 44.2 Å². The molecule has 3 aromatic rings. The van der Waals surface area contributed by atoms with E-state index in [0.29, 0.717) is 28.8 Å². The molecule has 30 heavy (non-hydrogen) atoms. The van der Waals surface area contributed by atoms with Gasteiger partial charge < -0.3 is 14.2 Å². The first-order chi connectivity index (χ1) is 14.5. The fourth-order valence-electron chi connectivity index (χ4n) is 2.73. The maximum atomic E-state index is 12.3. The van der Waals surface area contributed by atoms with Gasteiger partial charge in [0.05, 0.1) is 31.0 Å². The van der Waals surface area contributed by atoms with Crippen molar-refractivity contribution in [3.05, 3.63) is 52.9 Å². The molecule has 0 aliphatic heterocycles. The van der Waals surface area contributed by atoms with E-state index < -0.39 is 0 Å². The predicted octanol–water partition coefficient (Wildman–Crippen LogP) is 4.42. The second kappa shape index (κ2) is 9.76. The van der Waals surface area contributed by atoms with Gasteiger partial charge in [-0.1, -0.05) is 0 Å². The molecule has 3 rings (SSSR count). The predicted molar refractivity (Wildman–Crippen MR) is 115 cm³/mol. The van der Waals surface area contributed by atoms with Crippen molar-refractivity contribution < 1.29 is 19.0 Å². The topological polar surface area (TPSA) is 93.5 Å². The van der Waals surface area contributed by atoms with Crippen LogP contribution in [-0.2, 0) is 4.79 Å². The number of benzene rings is 2. The summed E-state index contributed by atoms with van der Waals surface area (Å²) in [5.74, 6) is 1.26. The quantitative estimate of drug-likeness (QED) is 0.577. The van der Waals surface area contributed by atoms with Crippen molar-refractivity contribution in [3.63, 3.8) is 0 Å². The fraction of sp³-hybridized carbons (Fsp3) is 0.227. The molecule has 154 valence electrons. The number of amides is 1. The van der Waals surface area contributed by atoms with Crippen LogP contribution in [0.5, 0.6) is 17.2 Å². The van der Waals surface area contributed by atoms with Crippen LogP contribution in [-0.4, -0.2) is 31.2 Å². The number of ether oxygens (including phenoxy) is 3. The third-order valence-electron chi connectivity index (χ3n) is 4.14. The lowest BCUT2D eigenvalue weighted by Crippen LogP contribution is -2.20. The molecule has 0 aliphatic carbocycles.